The zero-order valence-corrected chi connectivity index (χ0v) is 10.6. The summed E-state index contributed by atoms with van der Waals surface area (Å²) >= 11 is 0. The van der Waals surface area contributed by atoms with E-state index in [4.69, 9.17) is 10.5 Å². The Bertz CT molecular complexity index is 590. The normalized spacial score (nSPS) is 13.4. The van der Waals surface area contributed by atoms with Crippen LogP contribution in [0.1, 0.15) is 23.1 Å². The van der Waals surface area contributed by atoms with Crippen molar-refractivity contribution in [2.24, 2.45) is 0 Å². The van der Waals surface area contributed by atoms with Crippen LogP contribution in [0, 0.1) is 6.92 Å². The molecular weight excluding hydrogens is 222 g/mol. The van der Waals surface area contributed by atoms with Gasteiger partial charge in [-0.15, -0.1) is 0 Å². The van der Waals surface area contributed by atoms with E-state index in [1.54, 1.807) is 0 Å². The fourth-order valence-electron chi connectivity index (χ4n) is 2.51. The first-order chi connectivity index (χ1) is 8.72. The SMILES string of the molecule is Cc1cccc(Oc2cc3c(cc2N)CCC3)c1. The Kier molecular flexibility index (Phi) is 2.71. The van der Waals surface area contributed by atoms with Gasteiger partial charge in [0.2, 0.25) is 0 Å². The molecule has 2 heteroatoms. The second-order valence-corrected chi connectivity index (χ2v) is 4.93. The number of hydrogen-bond acceptors (Lipinski definition) is 2. The molecule has 0 saturated carbocycles. The fraction of sp³-hybridized carbons (Fsp3) is 0.250. The fourth-order valence-corrected chi connectivity index (χ4v) is 2.51. The highest BCUT2D eigenvalue weighted by Crippen LogP contribution is 2.34. The van der Waals surface area contributed by atoms with Gasteiger partial charge in [-0.25, -0.2) is 0 Å². The highest BCUT2D eigenvalue weighted by Gasteiger charge is 2.14. The van der Waals surface area contributed by atoms with Gasteiger partial charge in [-0.05, 0) is 67.1 Å². The lowest BCUT2D eigenvalue weighted by molar-refractivity contribution is 0.484. The average Bonchev–Trinajstić information content (AvgIpc) is 2.76. The average molecular weight is 239 g/mol. The van der Waals surface area contributed by atoms with E-state index in [0.29, 0.717) is 0 Å². The van der Waals surface area contributed by atoms with Gasteiger partial charge in [-0.1, -0.05) is 12.1 Å². The lowest BCUT2D eigenvalue weighted by Gasteiger charge is -2.11. The summed E-state index contributed by atoms with van der Waals surface area (Å²) < 4.78 is 5.89. The summed E-state index contributed by atoms with van der Waals surface area (Å²) in [7, 11) is 0. The predicted octanol–water partition coefficient (Wildman–Crippen LogP) is 3.86. The maximum atomic E-state index is 6.05. The van der Waals surface area contributed by atoms with Crippen LogP contribution >= 0.6 is 0 Å². The van der Waals surface area contributed by atoms with E-state index < -0.39 is 0 Å². The van der Waals surface area contributed by atoms with Crippen LogP contribution in [0.2, 0.25) is 0 Å². The Balaban J connectivity index is 1.93. The summed E-state index contributed by atoms with van der Waals surface area (Å²) in [6.45, 7) is 2.05. The molecule has 0 amide bonds. The van der Waals surface area contributed by atoms with E-state index in [1.807, 2.05) is 18.2 Å². The van der Waals surface area contributed by atoms with Crippen LogP contribution in [0.5, 0.6) is 11.5 Å². The number of rotatable bonds is 2. The quantitative estimate of drug-likeness (QED) is 0.808. The molecule has 0 heterocycles. The van der Waals surface area contributed by atoms with Crippen LogP contribution in [-0.4, -0.2) is 0 Å². The Hall–Kier alpha value is -1.96. The topological polar surface area (TPSA) is 35.2 Å². The molecule has 0 aliphatic heterocycles. The van der Waals surface area contributed by atoms with Crippen LogP contribution in [0.15, 0.2) is 36.4 Å². The predicted molar refractivity (Wildman–Crippen MR) is 74.1 cm³/mol. The van der Waals surface area contributed by atoms with Crippen molar-refractivity contribution in [3.63, 3.8) is 0 Å². The van der Waals surface area contributed by atoms with E-state index in [2.05, 4.69) is 25.1 Å². The minimum atomic E-state index is 0.733. The molecule has 2 N–H and O–H groups in total. The van der Waals surface area contributed by atoms with Gasteiger partial charge in [0.25, 0.3) is 0 Å². The van der Waals surface area contributed by atoms with Crippen molar-refractivity contribution in [1.29, 1.82) is 0 Å². The van der Waals surface area contributed by atoms with Gasteiger partial charge >= 0.3 is 0 Å². The Morgan fingerprint density at radius 2 is 1.83 bits per heavy atom. The number of nitrogens with two attached hydrogens (primary N) is 1. The first kappa shape index (κ1) is 11.1. The molecular formula is C16H17NO. The molecule has 0 bridgehead atoms. The van der Waals surface area contributed by atoms with Crippen molar-refractivity contribution in [3.8, 4) is 11.5 Å². The summed E-state index contributed by atoms with van der Waals surface area (Å²) in [6, 6.07) is 12.2. The Morgan fingerprint density at radius 1 is 1.06 bits per heavy atom. The van der Waals surface area contributed by atoms with Gasteiger partial charge in [0.1, 0.15) is 5.75 Å². The smallest absolute Gasteiger partial charge is 0.150 e. The maximum absolute atomic E-state index is 6.05. The monoisotopic (exact) mass is 239 g/mol. The van der Waals surface area contributed by atoms with E-state index in [9.17, 15) is 0 Å². The van der Waals surface area contributed by atoms with Crippen LogP contribution in [-0.2, 0) is 12.8 Å². The summed E-state index contributed by atoms with van der Waals surface area (Å²) in [4.78, 5) is 0. The van der Waals surface area contributed by atoms with E-state index >= 15 is 0 Å². The highest BCUT2D eigenvalue weighted by atomic mass is 16.5. The molecule has 0 spiro atoms. The lowest BCUT2D eigenvalue weighted by atomic mass is 10.1. The van der Waals surface area contributed by atoms with Crippen molar-refractivity contribution < 1.29 is 4.74 Å². The molecule has 0 aromatic heterocycles. The summed E-state index contributed by atoms with van der Waals surface area (Å²) in [6.07, 6.45) is 3.51. The standard InChI is InChI=1S/C16H17NO/c1-11-4-2-7-14(8-11)18-16-10-13-6-3-5-12(13)9-15(16)17/h2,4,7-10H,3,5-6,17H2,1H3. The number of benzene rings is 2. The van der Waals surface area contributed by atoms with Gasteiger partial charge in [0.05, 0.1) is 5.69 Å². The molecule has 0 saturated heterocycles. The van der Waals surface area contributed by atoms with Crippen molar-refractivity contribution in [3.05, 3.63) is 53.1 Å². The third-order valence-electron chi connectivity index (χ3n) is 3.44. The second-order valence-electron chi connectivity index (χ2n) is 4.93. The molecule has 18 heavy (non-hydrogen) atoms. The van der Waals surface area contributed by atoms with Crippen LogP contribution in [0.25, 0.3) is 0 Å². The summed E-state index contributed by atoms with van der Waals surface area (Å²) in [5.74, 6) is 1.63. The number of hydrogen-bond donors (Lipinski definition) is 1. The minimum Gasteiger partial charge on any atom is -0.455 e. The summed E-state index contributed by atoms with van der Waals surface area (Å²) in [5.41, 5.74) is 10.7. The van der Waals surface area contributed by atoms with Crippen molar-refractivity contribution in [2.45, 2.75) is 26.2 Å². The molecule has 0 atom stereocenters. The Morgan fingerprint density at radius 3 is 2.61 bits per heavy atom. The molecule has 92 valence electrons. The summed E-state index contributed by atoms with van der Waals surface area (Å²) in [5, 5.41) is 0. The number of nitrogen functional groups attached to an aromatic ring is 1. The molecule has 1 aliphatic rings. The third kappa shape index (κ3) is 2.06. The largest absolute Gasteiger partial charge is 0.455 e. The molecule has 2 aromatic carbocycles. The zero-order valence-electron chi connectivity index (χ0n) is 10.6. The molecule has 2 aromatic rings. The molecule has 0 fully saturated rings. The molecule has 1 aliphatic carbocycles. The molecule has 0 radical (unpaired) electrons. The number of aryl methyl sites for hydroxylation is 3. The van der Waals surface area contributed by atoms with Gasteiger partial charge in [0, 0.05) is 0 Å². The van der Waals surface area contributed by atoms with Crippen molar-refractivity contribution in [1.82, 2.24) is 0 Å². The van der Waals surface area contributed by atoms with Gasteiger partial charge in [0.15, 0.2) is 5.75 Å². The van der Waals surface area contributed by atoms with Crippen LogP contribution in [0.4, 0.5) is 5.69 Å². The molecule has 0 unspecified atom stereocenters. The zero-order chi connectivity index (χ0) is 12.5. The van der Waals surface area contributed by atoms with Crippen molar-refractivity contribution >= 4 is 5.69 Å². The lowest BCUT2D eigenvalue weighted by Crippen LogP contribution is -1.95. The van der Waals surface area contributed by atoms with Gasteiger partial charge in [-0.2, -0.15) is 0 Å². The third-order valence-corrected chi connectivity index (χ3v) is 3.44. The second kappa shape index (κ2) is 4.37. The van der Waals surface area contributed by atoms with Crippen molar-refractivity contribution in [2.75, 3.05) is 5.73 Å². The number of ether oxygens (including phenoxy) is 1. The van der Waals surface area contributed by atoms with E-state index in [-0.39, 0.29) is 0 Å². The first-order valence-corrected chi connectivity index (χ1v) is 6.38. The van der Waals surface area contributed by atoms with Gasteiger partial charge in [-0.3, -0.25) is 0 Å². The Labute approximate surface area is 107 Å². The van der Waals surface area contributed by atoms with E-state index in [1.165, 1.54) is 23.1 Å². The minimum absolute atomic E-state index is 0.733. The first-order valence-electron chi connectivity index (χ1n) is 6.38. The molecule has 2 nitrogen and oxygen atoms in total. The number of fused-ring (bicyclic) bond motifs is 1. The maximum Gasteiger partial charge on any atom is 0.150 e. The van der Waals surface area contributed by atoms with E-state index in [0.717, 1.165) is 30.0 Å². The van der Waals surface area contributed by atoms with Crippen LogP contribution < -0.4 is 10.5 Å². The highest BCUT2D eigenvalue weighted by molar-refractivity contribution is 5.59. The van der Waals surface area contributed by atoms with Crippen LogP contribution in [0.3, 0.4) is 0 Å². The molecule has 3 rings (SSSR count). The van der Waals surface area contributed by atoms with Gasteiger partial charge < -0.3 is 10.5 Å². The number of anilines is 1.